The molecular formula is C10H20N2O4S. The van der Waals surface area contributed by atoms with Gasteiger partial charge in [0.25, 0.3) is 0 Å². The topological polar surface area (TPSA) is 66.9 Å². The second-order valence-corrected chi connectivity index (χ2v) is 6.01. The monoisotopic (exact) mass is 264 g/mol. The molecule has 0 aromatic heterocycles. The molecule has 6 nitrogen and oxygen atoms in total. The van der Waals surface area contributed by atoms with E-state index in [0.717, 1.165) is 0 Å². The SMILES string of the molecule is CC(C)(C)OC(=O)N1CCN(C[SH](=O)=O)CC1. The number of hydrogen-bond acceptors (Lipinski definition) is 5. The second-order valence-electron chi connectivity index (χ2n) is 5.06. The molecule has 17 heavy (non-hydrogen) atoms. The summed E-state index contributed by atoms with van der Waals surface area (Å²) in [6.45, 7) is 7.64. The van der Waals surface area contributed by atoms with Crippen LogP contribution in [0.15, 0.2) is 0 Å². The molecule has 0 saturated carbocycles. The zero-order valence-corrected chi connectivity index (χ0v) is 11.4. The third-order valence-electron chi connectivity index (χ3n) is 2.34. The van der Waals surface area contributed by atoms with Crippen LogP contribution in [-0.4, -0.2) is 62.0 Å². The van der Waals surface area contributed by atoms with Crippen molar-refractivity contribution in [1.82, 2.24) is 9.80 Å². The molecule has 1 amide bonds. The summed E-state index contributed by atoms with van der Waals surface area (Å²) in [4.78, 5) is 15.1. The van der Waals surface area contributed by atoms with Gasteiger partial charge >= 0.3 is 6.09 Å². The molecule has 1 aliphatic heterocycles. The molecule has 0 aromatic rings. The highest BCUT2D eigenvalue weighted by atomic mass is 32.2. The van der Waals surface area contributed by atoms with E-state index in [1.165, 1.54) is 0 Å². The Balaban J connectivity index is 2.39. The summed E-state index contributed by atoms with van der Waals surface area (Å²) in [6.07, 6.45) is -0.330. The predicted molar refractivity (Wildman–Crippen MR) is 64.6 cm³/mol. The van der Waals surface area contributed by atoms with Crippen LogP contribution in [0.2, 0.25) is 0 Å². The van der Waals surface area contributed by atoms with Gasteiger partial charge in [-0.2, -0.15) is 0 Å². The van der Waals surface area contributed by atoms with Crippen LogP contribution in [0.5, 0.6) is 0 Å². The number of amides is 1. The van der Waals surface area contributed by atoms with E-state index in [1.54, 1.807) is 4.90 Å². The van der Waals surface area contributed by atoms with E-state index >= 15 is 0 Å². The van der Waals surface area contributed by atoms with Crippen LogP contribution in [0.1, 0.15) is 20.8 Å². The number of ether oxygens (including phenoxy) is 1. The van der Waals surface area contributed by atoms with Crippen LogP contribution in [0, 0.1) is 0 Å². The molecule has 0 unspecified atom stereocenters. The Morgan fingerprint density at radius 3 is 2.12 bits per heavy atom. The molecule has 0 N–H and O–H groups in total. The van der Waals surface area contributed by atoms with Gasteiger partial charge in [0.2, 0.25) is 0 Å². The maximum atomic E-state index is 11.7. The number of rotatable bonds is 2. The Morgan fingerprint density at radius 2 is 1.71 bits per heavy atom. The summed E-state index contributed by atoms with van der Waals surface area (Å²) in [5, 5.41) is 0. The minimum atomic E-state index is -2.38. The van der Waals surface area contributed by atoms with Crippen LogP contribution >= 0.6 is 0 Å². The van der Waals surface area contributed by atoms with Crippen molar-refractivity contribution in [2.24, 2.45) is 0 Å². The molecule has 1 aliphatic rings. The molecule has 1 fully saturated rings. The van der Waals surface area contributed by atoms with Crippen molar-refractivity contribution in [2.45, 2.75) is 26.4 Å². The molecule has 100 valence electrons. The van der Waals surface area contributed by atoms with Crippen molar-refractivity contribution < 1.29 is 17.9 Å². The maximum absolute atomic E-state index is 11.7. The summed E-state index contributed by atoms with van der Waals surface area (Å²) in [5.41, 5.74) is -0.493. The predicted octanol–water partition coefficient (Wildman–Crippen LogP) is 0.108. The van der Waals surface area contributed by atoms with Crippen molar-refractivity contribution in [3.8, 4) is 0 Å². The van der Waals surface area contributed by atoms with E-state index in [9.17, 15) is 13.2 Å². The van der Waals surface area contributed by atoms with Crippen LogP contribution < -0.4 is 0 Å². The van der Waals surface area contributed by atoms with Crippen LogP contribution in [-0.2, 0) is 15.4 Å². The number of hydrogen-bond donors (Lipinski definition) is 1. The Hall–Kier alpha value is -0.820. The quantitative estimate of drug-likeness (QED) is 0.717. The van der Waals surface area contributed by atoms with E-state index < -0.39 is 16.3 Å². The summed E-state index contributed by atoms with van der Waals surface area (Å²) in [7, 11) is -2.38. The number of carbonyl (C=O) groups excluding carboxylic acids is 1. The van der Waals surface area contributed by atoms with Gasteiger partial charge in [0, 0.05) is 26.2 Å². The van der Waals surface area contributed by atoms with Crippen LogP contribution in [0.4, 0.5) is 4.79 Å². The number of nitrogens with zero attached hydrogens (tertiary/aromatic N) is 2. The minimum Gasteiger partial charge on any atom is -0.444 e. The maximum Gasteiger partial charge on any atom is 0.410 e. The Labute approximate surface area is 103 Å². The van der Waals surface area contributed by atoms with Crippen molar-refractivity contribution in [2.75, 3.05) is 32.1 Å². The molecule has 0 aliphatic carbocycles. The van der Waals surface area contributed by atoms with E-state index in [2.05, 4.69) is 0 Å². The highest BCUT2D eigenvalue weighted by molar-refractivity contribution is 7.72. The standard InChI is InChI=1S/C10H20N2O4S/c1-10(2,3)16-9(13)12-6-4-11(5-7-12)8-17(14)15/h17H,4-8H2,1-3H3. The smallest absolute Gasteiger partial charge is 0.410 e. The minimum absolute atomic E-state index is 0.0670. The molecule has 0 atom stereocenters. The zero-order chi connectivity index (χ0) is 13.1. The van der Waals surface area contributed by atoms with Crippen molar-refractivity contribution in [3.05, 3.63) is 0 Å². The molecule has 7 heteroatoms. The second kappa shape index (κ2) is 5.68. The summed E-state index contributed by atoms with van der Waals surface area (Å²) in [5.74, 6) is 0.0670. The third kappa shape index (κ3) is 5.36. The van der Waals surface area contributed by atoms with Gasteiger partial charge < -0.3 is 9.64 Å². The zero-order valence-electron chi connectivity index (χ0n) is 10.5. The fraction of sp³-hybridized carbons (Fsp3) is 0.900. The summed E-state index contributed by atoms with van der Waals surface area (Å²) >= 11 is 0. The Bertz CT molecular complexity index is 333. The third-order valence-corrected chi connectivity index (χ3v) is 2.97. The summed E-state index contributed by atoms with van der Waals surface area (Å²) < 4.78 is 26.4. The summed E-state index contributed by atoms with van der Waals surface area (Å²) in [6, 6.07) is 0. The number of carbonyl (C=O) groups is 1. The molecule has 1 saturated heterocycles. The first-order valence-corrected chi connectivity index (χ1v) is 6.96. The Morgan fingerprint density at radius 1 is 1.18 bits per heavy atom. The highest BCUT2D eigenvalue weighted by Gasteiger charge is 2.25. The van der Waals surface area contributed by atoms with Gasteiger partial charge in [0.1, 0.15) is 5.60 Å². The van der Waals surface area contributed by atoms with Crippen molar-refractivity contribution >= 4 is 16.8 Å². The first kappa shape index (κ1) is 14.2. The van der Waals surface area contributed by atoms with E-state index in [4.69, 9.17) is 4.74 Å². The lowest BCUT2D eigenvalue weighted by Crippen LogP contribution is -2.50. The van der Waals surface area contributed by atoms with Crippen molar-refractivity contribution in [1.29, 1.82) is 0 Å². The van der Waals surface area contributed by atoms with Gasteiger partial charge in [-0.15, -0.1) is 0 Å². The molecule has 1 heterocycles. The fourth-order valence-corrected chi connectivity index (χ4v) is 2.17. The Kier molecular flexibility index (Phi) is 4.76. The molecule has 0 radical (unpaired) electrons. The molecule has 1 rings (SSSR count). The molecular weight excluding hydrogens is 244 g/mol. The first-order valence-electron chi connectivity index (χ1n) is 5.60. The van der Waals surface area contributed by atoms with Gasteiger partial charge in [-0.3, -0.25) is 4.90 Å². The lowest BCUT2D eigenvalue weighted by atomic mass is 10.2. The number of thiol groups is 1. The van der Waals surface area contributed by atoms with Crippen LogP contribution in [0.25, 0.3) is 0 Å². The number of piperazine rings is 1. The van der Waals surface area contributed by atoms with E-state index in [-0.39, 0.29) is 12.0 Å². The van der Waals surface area contributed by atoms with Gasteiger partial charge in [-0.05, 0) is 20.8 Å². The molecule has 0 aromatic carbocycles. The lowest BCUT2D eigenvalue weighted by molar-refractivity contribution is 0.0159. The van der Waals surface area contributed by atoms with E-state index in [0.29, 0.717) is 26.2 Å². The first-order chi connectivity index (χ1) is 7.78. The largest absolute Gasteiger partial charge is 0.444 e. The fourth-order valence-electron chi connectivity index (χ4n) is 1.56. The average molecular weight is 264 g/mol. The molecule has 0 bridgehead atoms. The van der Waals surface area contributed by atoms with Gasteiger partial charge in [-0.25, -0.2) is 13.2 Å². The van der Waals surface area contributed by atoms with Crippen LogP contribution in [0.3, 0.4) is 0 Å². The highest BCUT2D eigenvalue weighted by Crippen LogP contribution is 2.11. The van der Waals surface area contributed by atoms with Gasteiger partial charge in [0.15, 0.2) is 10.7 Å². The molecule has 0 spiro atoms. The van der Waals surface area contributed by atoms with Crippen molar-refractivity contribution in [3.63, 3.8) is 0 Å². The average Bonchev–Trinajstić information content (AvgIpc) is 2.15. The normalized spacial score (nSPS) is 18.5. The van der Waals surface area contributed by atoms with Gasteiger partial charge in [-0.1, -0.05) is 0 Å². The van der Waals surface area contributed by atoms with E-state index in [1.807, 2.05) is 25.7 Å². The van der Waals surface area contributed by atoms with Gasteiger partial charge in [0.05, 0.1) is 5.88 Å². The lowest BCUT2D eigenvalue weighted by Gasteiger charge is -2.34.